The lowest BCUT2D eigenvalue weighted by Gasteiger charge is -2.22. The highest BCUT2D eigenvalue weighted by molar-refractivity contribution is 9.10. The first-order valence-electron chi connectivity index (χ1n) is 4.58. The lowest BCUT2D eigenvalue weighted by atomic mass is 10.1. The third-order valence-electron chi connectivity index (χ3n) is 2.11. The van der Waals surface area contributed by atoms with Crippen molar-refractivity contribution < 1.29 is 9.53 Å². The number of carbonyl (C=O) groups is 1. The van der Waals surface area contributed by atoms with Crippen LogP contribution in [0.3, 0.4) is 0 Å². The number of hydrogen-bond acceptors (Lipinski definition) is 2. The number of halogens is 1. The highest BCUT2D eigenvalue weighted by Crippen LogP contribution is 2.25. The van der Waals surface area contributed by atoms with Crippen LogP contribution < -0.4 is 10.5 Å². The van der Waals surface area contributed by atoms with E-state index in [1.54, 1.807) is 13.8 Å². The van der Waals surface area contributed by atoms with E-state index in [0.29, 0.717) is 5.75 Å². The van der Waals surface area contributed by atoms with Crippen LogP contribution in [0, 0.1) is 6.92 Å². The summed E-state index contributed by atoms with van der Waals surface area (Å²) < 4.78 is 6.44. The van der Waals surface area contributed by atoms with E-state index in [1.807, 2.05) is 25.1 Å². The number of benzene rings is 1. The van der Waals surface area contributed by atoms with Crippen molar-refractivity contribution in [2.24, 2.45) is 5.73 Å². The van der Waals surface area contributed by atoms with Gasteiger partial charge in [0.05, 0.1) is 0 Å². The fourth-order valence-corrected chi connectivity index (χ4v) is 1.34. The second-order valence-electron chi connectivity index (χ2n) is 3.89. The molecule has 0 aliphatic carbocycles. The Kier molecular flexibility index (Phi) is 3.39. The molecule has 0 aliphatic heterocycles. The van der Waals surface area contributed by atoms with Crippen LogP contribution in [-0.4, -0.2) is 11.5 Å². The zero-order valence-corrected chi connectivity index (χ0v) is 10.6. The topological polar surface area (TPSA) is 52.3 Å². The van der Waals surface area contributed by atoms with Crippen LogP contribution in [0.1, 0.15) is 19.4 Å². The summed E-state index contributed by atoms with van der Waals surface area (Å²) in [5.41, 5.74) is 5.33. The number of aryl methyl sites for hydroxylation is 1. The molecular formula is C11H14BrNO2. The monoisotopic (exact) mass is 271 g/mol. The molecule has 15 heavy (non-hydrogen) atoms. The molecular weight excluding hydrogens is 258 g/mol. The number of hydrogen-bond donors (Lipinski definition) is 1. The van der Waals surface area contributed by atoms with Crippen LogP contribution in [0.5, 0.6) is 5.75 Å². The van der Waals surface area contributed by atoms with Crippen LogP contribution in [0.25, 0.3) is 0 Å². The molecule has 0 heterocycles. The minimum atomic E-state index is -0.991. The Morgan fingerprint density at radius 3 is 2.53 bits per heavy atom. The van der Waals surface area contributed by atoms with Gasteiger partial charge in [0.15, 0.2) is 5.60 Å². The van der Waals surface area contributed by atoms with Gasteiger partial charge in [0.1, 0.15) is 5.75 Å². The van der Waals surface area contributed by atoms with Crippen LogP contribution in [0.2, 0.25) is 0 Å². The molecule has 0 fully saturated rings. The van der Waals surface area contributed by atoms with E-state index in [-0.39, 0.29) is 0 Å². The first kappa shape index (κ1) is 12.0. The van der Waals surface area contributed by atoms with E-state index in [4.69, 9.17) is 10.5 Å². The van der Waals surface area contributed by atoms with Crippen molar-refractivity contribution in [1.82, 2.24) is 0 Å². The van der Waals surface area contributed by atoms with E-state index >= 15 is 0 Å². The number of amides is 1. The van der Waals surface area contributed by atoms with E-state index in [1.165, 1.54) is 0 Å². The Balaban J connectivity index is 2.91. The molecule has 1 aromatic carbocycles. The number of nitrogens with two attached hydrogens (primary N) is 1. The van der Waals surface area contributed by atoms with Crippen LogP contribution in [-0.2, 0) is 4.79 Å². The lowest BCUT2D eigenvalue weighted by Crippen LogP contribution is -2.43. The van der Waals surface area contributed by atoms with Gasteiger partial charge in [-0.05, 0) is 38.5 Å². The summed E-state index contributed by atoms with van der Waals surface area (Å²) in [5, 5.41) is 0. The van der Waals surface area contributed by atoms with Crippen molar-refractivity contribution in [3.8, 4) is 5.75 Å². The zero-order valence-electron chi connectivity index (χ0n) is 9.00. The van der Waals surface area contributed by atoms with Gasteiger partial charge in [0.2, 0.25) is 0 Å². The van der Waals surface area contributed by atoms with Gasteiger partial charge < -0.3 is 10.5 Å². The number of primary amides is 1. The average molecular weight is 272 g/mol. The molecule has 0 radical (unpaired) electrons. The van der Waals surface area contributed by atoms with Gasteiger partial charge in [-0.25, -0.2) is 0 Å². The van der Waals surface area contributed by atoms with Crippen LogP contribution in [0.15, 0.2) is 22.7 Å². The summed E-state index contributed by atoms with van der Waals surface area (Å²) in [4.78, 5) is 11.1. The molecule has 82 valence electrons. The van der Waals surface area contributed by atoms with Gasteiger partial charge in [-0.15, -0.1) is 0 Å². The summed E-state index contributed by atoms with van der Waals surface area (Å²) in [7, 11) is 0. The maximum Gasteiger partial charge on any atom is 0.261 e. The standard InChI is InChI=1S/C11H14BrNO2/c1-7-4-5-8(6-9(7)12)15-11(2,3)10(13)14/h4-6H,1-3H3,(H2,13,14). The molecule has 1 rings (SSSR count). The molecule has 1 amide bonds. The van der Waals surface area contributed by atoms with Crippen molar-refractivity contribution in [3.63, 3.8) is 0 Å². The van der Waals surface area contributed by atoms with Gasteiger partial charge >= 0.3 is 0 Å². The van der Waals surface area contributed by atoms with Gasteiger partial charge in [-0.1, -0.05) is 22.0 Å². The Morgan fingerprint density at radius 2 is 2.07 bits per heavy atom. The smallest absolute Gasteiger partial charge is 0.261 e. The molecule has 2 N–H and O–H groups in total. The SMILES string of the molecule is Cc1ccc(OC(C)(C)C(N)=O)cc1Br. The van der Waals surface area contributed by atoms with Gasteiger partial charge in [-0.2, -0.15) is 0 Å². The third kappa shape index (κ3) is 2.96. The van der Waals surface area contributed by atoms with E-state index in [0.717, 1.165) is 10.0 Å². The fraction of sp³-hybridized carbons (Fsp3) is 0.364. The summed E-state index contributed by atoms with van der Waals surface area (Å²) in [6.45, 7) is 5.26. The highest BCUT2D eigenvalue weighted by atomic mass is 79.9. The van der Waals surface area contributed by atoms with E-state index in [9.17, 15) is 4.79 Å². The highest BCUT2D eigenvalue weighted by Gasteiger charge is 2.27. The molecule has 0 spiro atoms. The number of rotatable bonds is 3. The van der Waals surface area contributed by atoms with Crippen molar-refractivity contribution in [3.05, 3.63) is 28.2 Å². The second kappa shape index (κ2) is 4.23. The first-order valence-corrected chi connectivity index (χ1v) is 5.37. The van der Waals surface area contributed by atoms with Gasteiger partial charge in [0, 0.05) is 4.47 Å². The minimum absolute atomic E-state index is 0.487. The molecule has 4 heteroatoms. The van der Waals surface area contributed by atoms with Crippen molar-refractivity contribution in [2.75, 3.05) is 0 Å². The second-order valence-corrected chi connectivity index (χ2v) is 4.74. The summed E-state index contributed by atoms with van der Waals surface area (Å²) >= 11 is 3.39. The predicted molar refractivity (Wildman–Crippen MR) is 62.8 cm³/mol. The maximum absolute atomic E-state index is 11.1. The molecule has 0 saturated heterocycles. The Labute approximate surface area is 97.7 Å². The third-order valence-corrected chi connectivity index (χ3v) is 2.96. The van der Waals surface area contributed by atoms with Crippen LogP contribution >= 0.6 is 15.9 Å². The first-order chi connectivity index (χ1) is 6.83. The Bertz CT molecular complexity index is 388. The maximum atomic E-state index is 11.1. The predicted octanol–water partition coefficient (Wildman–Crippen LogP) is 2.40. The summed E-state index contributed by atoms with van der Waals surface area (Å²) in [5.74, 6) is 0.135. The number of carbonyl (C=O) groups excluding carboxylic acids is 1. The summed E-state index contributed by atoms with van der Waals surface area (Å²) in [6.07, 6.45) is 0. The molecule has 1 aromatic rings. The largest absolute Gasteiger partial charge is 0.478 e. The number of ether oxygens (including phenoxy) is 1. The zero-order chi connectivity index (χ0) is 11.6. The summed E-state index contributed by atoms with van der Waals surface area (Å²) in [6, 6.07) is 5.54. The minimum Gasteiger partial charge on any atom is -0.478 e. The van der Waals surface area contributed by atoms with Crippen molar-refractivity contribution in [2.45, 2.75) is 26.4 Å². The molecule has 0 atom stereocenters. The molecule has 3 nitrogen and oxygen atoms in total. The lowest BCUT2D eigenvalue weighted by molar-refractivity contribution is -0.130. The molecule has 0 saturated carbocycles. The molecule has 0 aromatic heterocycles. The van der Waals surface area contributed by atoms with E-state index < -0.39 is 11.5 Å². The average Bonchev–Trinajstić information content (AvgIpc) is 2.10. The van der Waals surface area contributed by atoms with E-state index in [2.05, 4.69) is 15.9 Å². The Morgan fingerprint density at radius 1 is 1.47 bits per heavy atom. The normalized spacial score (nSPS) is 11.2. The van der Waals surface area contributed by atoms with Crippen molar-refractivity contribution in [1.29, 1.82) is 0 Å². The van der Waals surface area contributed by atoms with Gasteiger partial charge in [0.25, 0.3) is 5.91 Å². The molecule has 0 aliphatic rings. The van der Waals surface area contributed by atoms with Crippen molar-refractivity contribution >= 4 is 21.8 Å². The molecule has 0 bridgehead atoms. The fourth-order valence-electron chi connectivity index (χ4n) is 0.982. The van der Waals surface area contributed by atoms with Crippen LogP contribution in [0.4, 0.5) is 0 Å². The quantitative estimate of drug-likeness (QED) is 0.918. The molecule has 0 unspecified atom stereocenters. The van der Waals surface area contributed by atoms with Gasteiger partial charge in [-0.3, -0.25) is 4.79 Å². The Hall–Kier alpha value is -1.03.